The predicted molar refractivity (Wildman–Crippen MR) is 80.1 cm³/mol. The molecule has 0 aromatic heterocycles. The molecule has 0 saturated carbocycles. The molecule has 20 heavy (non-hydrogen) atoms. The molecule has 2 rings (SSSR count). The number of rotatable bonds is 1. The Hall–Kier alpha value is -0.910. The van der Waals surface area contributed by atoms with Gasteiger partial charge in [0.1, 0.15) is 6.04 Å². The second kappa shape index (κ2) is 6.70. The number of carboxylic acid groups (broad SMARTS) is 1. The Bertz CT molecular complexity index is 377. The number of nitrogens with zero attached hydrogens (tertiary/aromatic N) is 2. The Morgan fingerprint density at radius 3 is 2.55 bits per heavy atom. The molecule has 0 spiro atoms. The Balaban J connectivity index is 2.13. The topological polar surface area (TPSA) is 60.9 Å². The third-order valence-electron chi connectivity index (χ3n) is 4.41. The minimum Gasteiger partial charge on any atom is -0.480 e. The minimum atomic E-state index is -0.868. The van der Waals surface area contributed by atoms with Crippen molar-refractivity contribution in [3.8, 4) is 0 Å². The molecule has 0 bridgehead atoms. The molecule has 3 unspecified atom stereocenters. The molecule has 0 aromatic rings. The van der Waals surface area contributed by atoms with Crippen LogP contribution >= 0.6 is 11.8 Å². The monoisotopic (exact) mass is 300 g/mol. The van der Waals surface area contributed by atoms with Crippen molar-refractivity contribution < 1.29 is 14.7 Å². The van der Waals surface area contributed by atoms with Crippen LogP contribution < -0.4 is 0 Å². The largest absolute Gasteiger partial charge is 0.480 e. The minimum absolute atomic E-state index is 0.0843. The molecule has 2 saturated heterocycles. The lowest BCUT2D eigenvalue weighted by atomic mass is 10.1. The Morgan fingerprint density at radius 1 is 1.10 bits per heavy atom. The van der Waals surface area contributed by atoms with E-state index < -0.39 is 12.0 Å². The number of urea groups is 1. The van der Waals surface area contributed by atoms with Crippen molar-refractivity contribution in [3.05, 3.63) is 0 Å². The van der Waals surface area contributed by atoms with Gasteiger partial charge in [-0.15, -0.1) is 0 Å². The number of thioether (sulfide) groups is 1. The smallest absolute Gasteiger partial charge is 0.326 e. The highest BCUT2D eigenvalue weighted by atomic mass is 32.2. The third kappa shape index (κ3) is 3.22. The van der Waals surface area contributed by atoms with Gasteiger partial charge in [0.2, 0.25) is 0 Å². The normalized spacial score (nSPS) is 31.8. The van der Waals surface area contributed by atoms with E-state index >= 15 is 0 Å². The van der Waals surface area contributed by atoms with Crippen LogP contribution in [0.2, 0.25) is 0 Å². The van der Waals surface area contributed by atoms with E-state index in [1.54, 1.807) is 4.90 Å². The van der Waals surface area contributed by atoms with Crippen LogP contribution in [-0.4, -0.2) is 63.1 Å². The molecule has 2 aliphatic rings. The van der Waals surface area contributed by atoms with Crippen LogP contribution in [0.4, 0.5) is 4.79 Å². The lowest BCUT2D eigenvalue weighted by molar-refractivity contribution is -0.142. The van der Waals surface area contributed by atoms with Gasteiger partial charge in [-0.1, -0.05) is 19.8 Å². The van der Waals surface area contributed by atoms with Crippen LogP contribution in [0.5, 0.6) is 0 Å². The van der Waals surface area contributed by atoms with Crippen molar-refractivity contribution in [2.24, 2.45) is 0 Å². The molecule has 2 amide bonds. The van der Waals surface area contributed by atoms with E-state index in [-0.39, 0.29) is 12.1 Å². The van der Waals surface area contributed by atoms with Gasteiger partial charge < -0.3 is 14.9 Å². The number of amides is 2. The van der Waals surface area contributed by atoms with E-state index in [9.17, 15) is 14.7 Å². The van der Waals surface area contributed by atoms with Gasteiger partial charge in [-0.2, -0.15) is 11.8 Å². The summed E-state index contributed by atoms with van der Waals surface area (Å²) in [6.45, 7) is 5.48. The standard InChI is InChI=1S/C14H24N2O3S/c1-10-11(2)20-9-8-15(10)14(19)16-7-5-3-4-6-12(16)13(17)18/h10-12H,3-9H2,1-2H3,(H,17,18). The van der Waals surface area contributed by atoms with Gasteiger partial charge in [-0.25, -0.2) is 9.59 Å². The third-order valence-corrected chi connectivity index (χ3v) is 5.75. The summed E-state index contributed by atoms with van der Waals surface area (Å²) in [5.41, 5.74) is 0. The van der Waals surface area contributed by atoms with Crippen LogP contribution in [0.25, 0.3) is 0 Å². The number of carboxylic acids is 1. The van der Waals surface area contributed by atoms with E-state index in [4.69, 9.17) is 0 Å². The Morgan fingerprint density at radius 2 is 1.85 bits per heavy atom. The fourth-order valence-corrected chi connectivity index (χ4v) is 4.06. The van der Waals surface area contributed by atoms with Gasteiger partial charge in [-0.05, 0) is 19.8 Å². The molecule has 3 atom stereocenters. The maximum atomic E-state index is 12.8. The maximum Gasteiger partial charge on any atom is 0.326 e. The van der Waals surface area contributed by atoms with Gasteiger partial charge in [0.05, 0.1) is 0 Å². The number of carbonyl (C=O) groups excluding carboxylic acids is 1. The first-order valence-corrected chi connectivity index (χ1v) is 8.49. The zero-order chi connectivity index (χ0) is 14.7. The van der Waals surface area contributed by atoms with E-state index in [1.165, 1.54) is 0 Å². The molecule has 6 heteroatoms. The quantitative estimate of drug-likeness (QED) is 0.807. The average molecular weight is 300 g/mol. The summed E-state index contributed by atoms with van der Waals surface area (Å²) in [5, 5.41) is 9.79. The zero-order valence-electron chi connectivity index (χ0n) is 12.2. The van der Waals surface area contributed by atoms with Crippen LogP contribution in [0, 0.1) is 0 Å². The Kier molecular flexibility index (Phi) is 5.18. The van der Waals surface area contributed by atoms with Crippen molar-refractivity contribution in [1.82, 2.24) is 9.80 Å². The fraction of sp³-hybridized carbons (Fsp3) is 0.857. The molecule has 2 aliphatic heterocycles. The van der Waals surface area contributed by atoms with E-state index in [1.807, 2.05) is 16.7 Å². The van der Waals surface area contributed by atoms with Gasteiger partial charge in [0, 0.05) is 30.1 Å². The number of likely N-dealkylation sites (tertiary alicyclic amines) is 1. The summed E-state index contributed by atoms with van der Waals surface area (Å²) in [4.78, 5) is 27.6. The first kappa shape index (κ1) is 15.5. The SMILES string of the molecule is CC1SCCN(C(=O)N2CCCCCC2C(=O)O)C1C. The summed E-state index contributed by atoms with van der Waals surface area (Å²) in [7, 11) is 0. The van der Waals surface area contributed by atoms with Crippen LogP contribution in [-0.2, 0) is 4.79 Å². The van der Waals surface area contributed by atoms with Crippen LogP contribution in [0.15, 0.2) is 0 Å². The maximum absolute atomic E-state index is 12.8. The molecular formula is C14H24N2O3S. The predicted octanol–water partition coefficient (Wildman–Crippen LogP) is 2.26. The van der Waals surface area contributed by atoms with E-state index in [0.717, 1.165) is 31.6 Å². The lowest BCUT2D eigenvalue weighted by Gasteiger charge is -2.41. The first-order chi connectivity index (χ1) is 9.52. The van der Waals surface area contributed by atoms with Crippen LogP contribution in [0.3, 0.4) is 0 Å². The molecule has 2 heterocycles. The molecule has 2 fully saturated rings. The van der Waals surface area contributed by atoms with Gasteiger partial charge in [0.25, 0.3) is 0 Å². The molecular weight excluding hydrogens is 276 g/mol. The highest BCUT2D eigenvalue weighted by Crippen LogP contribution is 2.27. The molecule has 0 radical (unpaired) electrons. The molecule has 114 valence electrons. The molecule has 0 aliphatic carbocycles. The zero-order valence-corrected chi connectivity index (χ0v) is 13.1. The number of carbonyl (C=O) groups is 2. The summed E-state index contributed by atoms with van der Waals surface area (Å²) >= 11 is 1.88. The number of hydrogen-bond donors (Lipinski definition) is 1. The Labute approximate surface area is 124 Å². The van der Waals surface area contributed by atoms with Crippen LogP contribution in [0.1, 0.15) is 39.5 Å². The molecule has 0 aromatic carbocycles. The van der Waals surface area contributed by atoms with Gasteiger partial charge >= 0.3 is 12.0 Å². The lowest BCUT2D eigenvalue weighted by Crippen LogP contribution is -2.56. The van der Waals surface area contributed by atoms with Crippen molar-refractivity contribution in [2.45, 2.75) is 56.9 Å². The first-order valence-electron chi connectivity index (χ1n) is 7.44. The van der Waals surface area contributed by atoms with Crippen molar-refractivity contribution >= 4 is 23.8 Å². The van der Waals surface area contributed by atoms with Gasteiger partial charge in [-0.3, -0.25) is 0 Å². The van der Waals surface area contributed by atoms with Crippen molar-refractivity contribution in [2.75, 3.05) is 18.8 Å². The molecule has 5 nitrogen and oxygen atoms in total. The summed E-state index contributed by atoms with van der Waals surface area (Å²) in [6.07, 6.45) is 3.38. The van der Waals surface area contributed by atoms with E-state index in [2.05, 4.69) is 13.8 Å². The summed E-state index contributed by atoms with van der Waals surface area (Å²) in [5.74, 6) is 0.0652. The summed E-state index contributed by atoms with van der Waals surface area (Å²) in [6, 6.07) is -0.569. The van der Waals surface area contributed by atoms with Gasteiger partial charge in [0.15, 0.2) is 0 Å². The molecule has 1 N–H and O–H groups in total. The van der Waals surface area contributed by atoms with Crippen molar-refractivity contribution in [3.63, 3.8) is 0 Å². The fourth-order valence-electron chi connectivity index (χ4n) is 2.96. The second-order valence-electron chi connectivity index (χ2n) is 5.69. The second-order valence-corrected chi connectivity index (χ2v) is 7.17. The van der Waals surface area contributed by atoms with E-state index in [0.29, 0.717) is 18.2 Å². The summed E-state index contributed by atoms with van der Waals surface area (Å²) < 4.78 is 0. The van der Waals surface area contributed by atoms with Crippen molar-refractivity contribution in [1.29, 1.82) is 0 Å². The highest BCUT2D eigenvalue weighted by Gasteiger charge is 2.37. The number of hydrogen-bond acceptors (Lipinski definition) is 3. The highest BCUT2D eigenvalue weighted by molar-refractivity contribution is 8.00. The average Bonchev–Trinajstić information content (AvgIpc) is 2.66. The number of aliphatic carboxylic acids is 1.